The lowest BCUT2D eigenvalue weighted by Crippen LogP contribution is -2.48. The van der Waals surface area contributed by atoms with Crippen LogP contribution in [0.4, 0.5) is 4.79 Å². The van der Waals surface area contributed by atoms with Crippen LogP contribution in [0, 0.1) is 0 Å². The Balaban J connectivity index is 2.59. The number of imide groups is 1. The molecule has 1 aromatic heterocycles. The molecule has 3 amide bonds. The van der Waals surface area contributed by atoms with Crippen molar-refractivity contribution in [1.29, 1.82) is 0 Å². The topological polar surface area (TPSA) is 70.2 Å². The van der Waals surface area contributed by atoms with Gasteiger partial charge in [0.15, 0.2) is 0 Å². The Kier molecular flexibility index (Phi) is 6.52. The van der Waals surface area contributed by atoms with Crippen LogP contribution in [0.2, 0.25) is 0 Å². The molecule has 2 atom stereocenters. The zero-order valence-corrected chi connectivity index (χ0v) is 12.3. The Morgan fingerprint density at radius 3 is 2.68 bits per heavy atom. The van der Waals surface area contributed by atoms with E-state index in [2.05, 4.69) is 28.9 Å². The van der Waals surface area contributed by atoms with Gasteiger partial charge in [-0.2, -0.15) is 0 Å². The molecular formula is C13H21N3O2S. The molecule has 5 nitrogen and oxygen atoms in total. The quantitative estimate of drug-likeness (QED) is 0.748. The molecule has 106 valence electrons. The molecule has 1 heterocycles. The molecule has 0 saturated heterocycles. The highest BCUT2D eigenvalue weighted by molar-refractivity contribution is 7.10. The number of nitrogens with one attached hydrogen (secondary N) is 3. The Morgan fingerprint density at radius 1 is 1.42 bits per heavy atom. The van der Waals surface area contributed by atoms with E-state index >= 15 is 0 Å². The second-order valence-electron chi connectivity index (χ2n) is 4.31. The van der Waals surface area contributed by atoms with Crippen LogP contribution in [0.1, 0.15) is 37.6 Å². The molecule has 1 aromatic rings. The SMILES string of the molecule is CCCC(NC(C)C(=O)NC(=O)NC)c1cccs1. The van der Waals surface area contributed by atoms with Crippen molar-refractivity contribution in [2.45, 2.75) is 38.8 Å². The lowest BCUT2D eigenvalue weighted by molar-refractivity contribution is -0.121. The summed E-state index contributed by atoms with van der Waals surface area (Å²) < 4.78 is 0. The minimum atomic E-state index is -0.484. The number of carbonyl (C=O) groups is 2. The van der Waals surface area contributed by atoms with Gasteiger partial charge in [-0.25, -0.2) is 4.79 Å². The van der Waals surface area contributed by atoms with Crippen LogP contribution in [0.3, 0.4) is 0 Å². The van der Waals surface area contributed by atoms with Gasteiger partial charge in [0.1, 0.15) is 0 Å². The van der Waals surface area contributed by atoms with Crippen molar-refractivity contribution in [3.63, 3.8) is 0 Å². The summed E-state index contributed by atoms with van der Waals surface area (Å²) in [5.74, 6) is -0.322. The monoisotopic (exact) mass is 283 g/mol. The van der Waals surface area contributed by atoms with Gasteiger partial charge in [0.2, 0.25) is 5.91 Å². The van der Waals surface area contributed by atoms with Gasteiger partial charge in [0, 0.05) is 18.0 Å². The third-order valence-electron chi connectivity index (χ3n) is 2.77. The molecule has 0 aliphatic heterocycles. The third kappa shape index (κ3) is 5.00. The van der Waals surface area contributed by atoms with E-state index < -0.39 is 12.1 Å². The highest BCUT2D eigenvalue weighted by Crippen LogP contribution is 2.23. The van der Waals surface area contributed by atoms with E-state index in [1.165, 1.54) is 11.9 Å². The first-order valence-electron chi connectivity index (χ1n) is 6.40. The number of amides is 3. The maximum atomic E-state index is 11.8. The lowest BCUT2D eigenvalue weighted by atomic mass is 10.1. The molecule has 0 aliphatic rings. The standard InChI is InChI=1S/C13H21N3O2S/c1-4-6-10(11-7-5-8-19-11)15-9(2)12(17)16-13(18)14-3/h5,7-10,15H,4,6H2,1-3H3,(H2,14,16,17,18). The first-order chi connectivity index (χ1) is 9.08. The van der Waals surface area contributed by atoms with Crippen LogP contribution in [-0.2, 0) is 4.79 Å². The van der Waals surface area contributed by atoms with Gasteiger partial charge in [0.25, 0.3) is 0 Å². The highest BCUT2D eigenvalue weighted by atomic mass is 32.1. The molecule has 19 heavy (non-hydrogen) atoms. The Hall–Kier alpha value is -1.40. The van der Waals surface area contributed by atoms with Crippen LogP contribution >= 0.6 is 11.3 Å². The number of carbonyl (C=O) groups excluding carboxylic acids is 2. The number of urea groups is 1. The smallest absolute Gasteiger partial charge is 0.321 e. The van der Waals surface area contributed by atoms with E-state index in [9.17, 15) is 9.59 Å². The molecule has 1 rings (SSSR count). The van der Waals surface area contributed by atoms with Crippen LogP contribution in [-0.4, -0.2) is 25.0 Å². The number of hydrogen-bond acceptors (Lipinski definition) is 4. The van der Waals surface area contributed by atoms with Gasteiger partial charge < -0.3 is 5.32 Å². The predicted octanol–water partition coefficient (Wildman–Crippen LogP) is 2.02. The van der Waals surface area contributed by atoms with Crippen molar-refractivity contribution in [3.8, 4) is 0 Å². The summed E-state index contributed by atoms with van der Waals surface area (Å²) >= 11 is 1.67. The Bertz CT molecular complexity index is 406. The van der Waals surface area contributed by atoms with Gasteiger partial charge in [-0.15, -0.1) is 11.3 Å². The van der Waals surface area contributed by atoms with Crippen LogP contribution in [0.15, 0.2) is 17.5 Å². The fourth-order valence-corrected chi connectivity index (χ4v) is 2.57. The second-order valence-corrected chi connectivity index (χ2v) is 5.29. The molecule has 0 saturated carbocycles. The van der Waals surface area contributed by atoms with E-state index in [1.807, 2.05) is 11.4 Å². The normalized spacial score (nSPS) is 13.6. The van der Waals surface area contributed by atoms with E-state index in [0.29, 0.717) is 0 Å². The lowest BCUT2D eigenvalue weighted by Gasteiger charge is -2.21. The molecule has 0 spiro atoms. The van der Waals surface area contributed by atoms with Gasteiger partial charge in [-0.05, 0) is 24.8 Å². The Morgan fingerprint density at radius 2 is 2.16 bits per heavy atom. The number of rotatable bonds is 6. The summed E-state index contributed by atoms with van der Waals surface area (Å²) in [5.41, 5.74) is 0. The summed E-state index contributed by atoms with van der Waals surface area (Å²) in [5, 5.41) is 9.92. The second kappa shape index (κ2) is 7.91. The Labute approximate surface area is 117 Å². The molecule has 0 bridgehead atoms. The molecule has 0 radical (unpaired) electrons. The number of thiophene rings is 1. The van der Waals surface area contributed by atoms with Crippen LogP contribution < -0.4 is 16.0 Å². The first-order valence-corrected chi connectivity index (χ1v) is 7.28. The zero-order valence-electron chi connectivity index (χ0n) is 11.5. The maximum absolute atomic E-state index is 11.8. The molecule has 6 heteroatoms. The van der Waals surface area contributed by atoms with Crippen molar-refractivity contribution >= 4 is 23.3 Å². The number of hydrogen-bond donors (Lipinski definition) is 3. The van der Waals surface area contributed by atoms with E-state index in [0.717, 1.165) is 12.8 Å². The van der Waals surface area contributed by atoms with Gasteiger partial charge in [-0.3, -0.25) is 15.4 Å². The zero-order chi connectivity index (χ0) is 14.3. The summed E-state index contributed by atoms with van der Waals surface area (Å²) in [6, 6.07) is 3.30. The predicted molar refractivity (Wildman–Crippen MR) is 77.2 cm³/mol. The van der Waals surface area contributed by atoms with E-state index in [-0.39, 0.29) is 11.9 Å². The highest BCUT2D eigenvalue weighted by Gasteiger charge is 2.20. The minimum absolute atomic E-state index is 0.149. The fourth-order valence-electron chi connectivity index (χ4n) is 1.75. The van der Waals surface area contributed by atoms with E-state index in [4.69, 9.17) is 0 Å². The molecule has 0 fully saturated rings. The largest absolute Gasteiger partial charge is 0.341 e. The molecule has 0 aliphatic carbocycles. The average molecular weight is 283 g/mol. The van der Waals surface area contributed by atoms with Gasteiger partial charge in [0.05, 0.1) is 6.04 Å². The molecule has 3 N–H and O–H groups in total. The molecule has 0 aromatic carbocycles. The summed E-state index contributed by atoms with van der Waals surface area (Å²) in [7, 11) is 1.48. The summed E-state index contributed by atoms with van der Waals surface area (Å²) in [6.07, 6.45) is 1.98. The van der Waals surface area contributed by atoms with Crippen molar-refractivity contribution in [1.82, 2.24) is 16.0 Å². The fraction of sp³-hybridized carbons (Fsp3) is 0.538. The average Bonchev–Trinajstić information content (AvgIpc) is 2.91. The third-order valence-corrected chi connectivity index (χ3v) is 3.76. The first kappa shape index (κ1) is 15.7. The summed E-state index contributed by atoms with van der Waals surface area (Å²) in [6.45, 7) is 3.87. The van der Waals surface area contributed by atoms with Crippen LogP contribution in [0.5, 0.6) is 0 Å². The van der Waals surface area contributed by atoms with Gasteiger partial charge in [-0.1, -0.05) is 19.4 Å². The molecular weight excluding hydrogens is 262 g/mol. The van der Waals surface area contributed by atoms with Crippen LogP contribution in [0.25, 0.3) is 0 Å². The van der Waals surface area contributed by atoms with E-state index in [1.54, 1.807) is 18.3 Å². The van der Waals surface area contributed by atoms with Gasteiger partial charge >= 0.3 is 6.03 Å². The van der Waals surface area contributed by atoms with Crippen molar-refractivity contribution in [2.24, 2.45) is 0 Å². The van der Waals surface area contributed by atoms with Crippen molar-refractivity contribution in [3.05, 3.63) is 22.4 Å². The van der Waals surface area contributed by atoms with Crippen molar-refractivity contribution < 1.29 is 9.59 Å². The maximum Gasteiger partial charge on any atom is 0.321 e. The summed E-state index contributed by atoms with van der Waals surface area (Å²) in [4.78, 5) is 24.1. The van der Waals surface area contributed by atoms with Crippen molar-refractivity contribution in [2.75, 3.05) is 7.05 Å². The molecule has 2 unspecified atom stereocenters. The minimum Gasteiger partial charge on any atom is -0.341 e.